The summed E-state index contributed by atoms with van der Waals surface area (Å²) in [5.74, 6) is 0.137. The fourth-order valence-electron chi connectivity index (χ4n) is 2.78. The Morgan fingerprint density at radius 2 is 2.10 bits per heavy atom. The highest BCUT2D eigenvalue weighted by Gasteiger charge is 2.44. The maximum Gasteiger partial charge on any atom is 0.434 e. The first-order valence-electron chi connectivity index (χ1n) is 6.78. The number of nitrogens with zero attached hydrogens (tertiary/aromatic N) is 2. The minimum absolute atomic E-state index is 0.0478. The van der Waals surface area contributed by atoms with E-state index in [0.29, 0.717) is 6.54 Å². The second-order valence-electron chi connectivity index (χ2n) is 5.48. The van der Waals surface area contributed by atoms with Gasteiger partial charge in [0, 0.05) is 6.54 Å². The van der Waals surface area contributed by atoms with Crippen molar-refractivity contribution in [3.63, 3.8) is 0 Å². The molecule has 1 N–H and O–H groups in total. The first-order chi connectivity index (χ1) is 9.47. The second-order valence-corrected chi connectivity index (χ2v) is 5.48. The zero-order valence-electron chi connectivity index (χ0n) is 10.9. The van der Waals surface area contributed by atoms with E-state index in [1.165, 1.54) is 12.6 Å². The molecule has 110 valence electrons. The summed E-state index contributed by atoms with van der Waals surface area (Å²) in [4.78, 5) is 7.09. The lowest BCUT2D eigenvalue weighted by Crippen LogP contribution is -2.37. The largest absolute Gasteiger partial charge is 0.434 e. The number of rotatable bonds is 3. The van der Waals surface area contributed by atoms with Crippen molar-refractivity contribution in [1.82, 2.24) is 9.97 Å². The van der Waals surface area contributed by atoms with E-state index >= 15 is 0 Å². The number of nitrogens with one attached hydrogen (secondary N) is 1. The quantitative estimate of drug-likeness (QED) is 0.928. The Hall–Kier alpha value is -1.37. The van der Waals surface area contributed by atoms with E-state index in [-0.39, 0.29) is 17.5 Å². The van der Waals surface area contributed by atoms with Gasteiger partial charge in [0.2, 0.25) is 0 Å². The van der Waals surface area contributed by atoms with Gasteiger partial charge in [-0.05, 0) is 32.1 Å². The van der Waals surface area contributed by atoms with Gasteiger partial charge in [-0.3, -0.25) is 4.98 Å². The normalized spacial score (nSPS) is 24.6. The van der Waals surface area contributed by atoms with Gasteiger partial charge in [-0.25, -0.2) is 4.98 Å². The third-order valence-electron chi connectivity index (χ3n) is 4.04. The number of anilines is 1. The highest BCUT2D eigenvalue weighted by atomic mass is 19.4. The molecule has 2 heterocycles. The Morgan fingerprint density at radius 1 is 1.30 bits per heavy atom. The Bertz CT molecular complexity index is 488. The van der Waals surface area contributed by atoms with Crippen molar-refractivity contribution < 1.29 is 17.9 Å². The van der Waals surface area contributed by atoms with Crippen molar-refractivity contribution in [1.29, 1.82) is 0 Å². The van der Waals surface area contributed by atoms with Gasteiger partial charge in [0.25, 0.3) is 0 Å². The van der Waals surface area contributed by atoms with Crippen LogP contribution in [0.15, 0.2) is 12.4 Å². The standard InChI is InChI=1S/C13H16F3N3O/c14-13(15,16)10-7-17-8-11(19-10)18-6-9-2-5-12(20-9)3-1-4-12/h7-9H,1-6H2,(H,18,19). The van der Waals surface area contributed by atoms with Gasteiger partial charge < -0.3 is 10.1 Å². The monoisotopic (exact) mass is 287 g/mol. The van der Waals surface area contributed by atoms with Crippen molar-refractivity contribution in [2.45, 2.75) is 50.0 Å². The number of halogens is 3. The molecule has 0 aromatic carbocycles. The summed E-state index contributed by atoms with van der Waals surface area (Å²) in [6, 6.07) is 0. The minimum Gasteiger partial charge on any atom is -0.370 e. The third-order valence-corrected chi connectivity index (χ3v) is 4.04. The fourth-order valence-corrected chi connectivity index (χ4v) is 2.78. The lowest BCUT2D eigenvalue weighted by molar-refractivity contribution is -0.141. The molecule has 7 heteroatoms. The molecule has 1 aliphatic carbocycles. The predicted molar refractivity (Wildman–Crippen MR) is 66.2 cm³/mol. The van der Waals surface area contributed by atoms with E-state index in [0.717, 1.165) is 31.9 Å². The van der Waals surface area contributed by atoms with Crippen molar-refractivity contribution in [2.75, 3.05) is 11.9 Å². The van der Waals surface area contributed by atoms with Crippen molar-refractivity contribution in [3.8, 4) is 0 Å². The van der Waals surface area contributed by atoms with E-state index in [1.807, 2.05) is 0 Å². The molecule has 2 aliphatic rings. The van der Waals surface area contributed by atoms with Crippen LogP contribution in [0.3, 0.4) is 0 Å². The van der Waals surface area contributed by atoms with E-state index in [4.69, 9.17) is 4.74 Å². The first-order valence-corrected chi connectivity index (χ1v) is 6.78. The smallest absolute Gasteiger partial charge is 0.370 e. The Morgan fingerprint density at radius 3 is 2.70 bits per heavy atom. The zero-order valence-corrected chi connectivity index (χ0v) is 10.9. The van der Waals surface area contributed by atoms with Crippen LogP contribution in [0.25, 0.3) is 0 Å². The van der Waals surface area contributed by atoms with Gasteiger partial charge >= 0.3 is 6.18 Å². The molecule has 4 nitrogen and oxygen atoms in total. The van der Waals surface area contributed by atoms with E-state index in [1.54, 1.807) is 0 Å². The van der Waals surface area contributed by atoms with Crippen LogP contribution in [-0.2, 0) is 10.9 Å². The van der Waals surface area contributed by atoms with Gasteiger partial charge in [-0.2, -0.15) is 13.2 Å². The SMILES string of the molecule is FC(F)(F)c1cncc(NCC2CCC3(CCC3)O2)n1. The molecule has 1 saturated heterocycles. The van der Waals surface area contributed by atoms with Gasteiger partial charge in [0.05, 0.1) is 24.1 Å². The van der Waals surface area contributed by atoms with Crippen LogP contribution >= 0.6 is 0 Å². The van der Waals surface area contributed by atoms with Gasteiger partial charge in [-0.1, -0.05) is 0 Å². The number of ether oxygens (including phenoxy) is 1. The average molecular weight is 287 g/mol. The first kappa shape index (κ1) is 13.6. The molecule has 3 rings (SSSR count). The number of hydrogen-bond acceptors (Lipinski definition) is 4. The Labute approximate surface area is 114 Å². The summed E-state index contributed by atoms with van der Waals surface area (Å²) in [6.07, 6.45) is 3.01. The molecule has 20 heavy (non-hydrogen) atoms. The summed E-state index contributed by atoms with van der Waals surface area (Å²) in [5.41, 5.74) is -0.920. The van der Waals surface area contributed by atoms with Crippen LogP contribution in [0.5, 0.6) is 0 Å². The second kappa shape index (κ2) is 4.87. The molecule has 1 aromatic heterocycles. The van der Waals surface area contributed by atoms with Gasteiger partial charge in [0.15, 0.2) is 5.69 Å². The maximum atomic E-state index is 12.5. The van der Waals surface area contributed by atoms with Crippen LogP contribution in [0.2, 0.25) is 0 Å². The van der Waals surface area contributed by atoms with Crippen molar-refractivity contribution >= 4 is 5.82 Å². The summed E-state index contributed by atoms with van der Waals surface area (Å²) >= 11 is 0. The molecule has 1 aromatic rings. The third kappa shape index (κ3) is 2.72. The van der Waals surface area contributed by atoms with Crippen LogP contribution in [-0.4, -0.2) is 28.2 Å². The van der Waals surface area contributed by atoms with E-state index in [9.17, 15) is 13.2 Å². The molecular weight excluding hydrogens is 271 g/mol. The Kier molecular flexibility index (Phi) is 3.32. The summed E-state index contributed by atoms with van der Waals surface area (Å²) in [5, 5.41) is 2.89. The van der Waals surface area contributed by atoms with Crippen LogP contribution in [0, 0.1) is 0 Å². The van der Waals surface area contributed by atoms with E-state index < -0.39 is 11.9 Å². The highest BCUT2D eigenvalue weighted by Crippen LogP contribution is 2.45. The molecule has 0 bridgehead atoms. The summed E-state index contributed by atoms with van der Waals surface area (Å²) < 4.78 is 43.5. The van der Waals surface area contributed by atoms with Gasteiger partial charge in [-0.15, -0.1) is 0 Å². The fraction of sp³-hybridized carbons (Fsp3) is 0.692. The molecule has 1 spiro atoms. The number of hydrogen-bond donors (Lipinski definition) is 1. The molecule has 0 amide bonds. The maximum absolute atomic E-state index is 12.5. The average Bonchev–Trinajstić information content (AvgIpc) is 2.80. The molecule has 1 saturated carbocycles. The predicted octanol–water partition coefficient (Wildman–Crippen LogP) is 3.01. The summed E-state index contributed by atoms with van der Waals surface area (Å²) in [7, 11) is 0. The van der Waals surface area contributed by atoms with Crippen LogP contribution in [0.4, 0.5) is 19.0 Å². The molecule has 1 aliphatic heterocycles. The van der Waals surface area contributed by atoms with Crippen LogP contribution < -0.4 is 5.32 Å². The molecular formula is C13H16F3N3O. The zero-order chi connectivity index (χ0) is 14.2. The lowest BCUT2D eigenvalue weighted by atomic mass is 9.78. The van der Waals surface area contributed by atoms with Gasteiger partial charge in [0.1, 0.15) is 5.82 Å². The lowest BCUT2D eigenvalue weighted by Gasteiger charge is -2.38. The topological polar surface area (TPSA) is 47.0 Å². The van der Waals surface area contributed by atoms with E-state index in [2.05, 4.69) is 15.3 Å². The van der Waals surface area contributed by atoms with Crippen molar-refractivity contribution in [2.24, 2.45) is 0 Å². The number of alkyl halides is 3. The van der Waals surface area contributed by atoms with Crippen molar-refractivity contribution in [3.05, 3.63) is 18.1 Å². The summed E-state index contributed by atoms with van der Waals surface area (Å²) in [6.45, 7) is 0.470. The minimum atomic E-state index is -4.47. The Balaban J connectivity index is 1.56. The number of aromatic nitrogens is 2. The highest BCUT2D eigenvalue weighted by molar-refractivity contribution is 5.32. The molecule has 2 fully saturated rings. The van der Waals surface area contributed by atoms with Crippen LogP contribution in [0.1, 0.15) is 37.8 Å². The molecule has 0 radical (unpaired) electrons. The molecule has 1 atom stereocenters. The molecule has 1 unspecified atom stereocenters.